The average molecular weight is 513 g/mol. The second-order valence-electron chi connectivity index (χ2n) is 8.97. The topological polar surface area (TPSA) is 101 Å². The van der Waals surface area contributed by atoms with Gasteiger partial charge in [0.25, 0.3) is 11.7 Å². The number of nitrogens with one attached hydrogen (secondary N) is 1. The third-order valence-electron chi connectivity index (χ3n) is 6.91. The zero-order valence-electron chi connectivity index (χ0n) is 21.4. The molecule has 1 saturated heterocycles. The van der Waals surface area contributed by atoms with Gasteiger partial charge >= 0.3 is 0 Å². The lowest BCUT2D eigenvalue weighted by Crippen LogP contribution is -2.31. The molecule has 8 heteroatoms. The number of nitrogens with zero attached hydrogens (tertiary/aromatic N) is 1. The van der Waals surface area contributed by atoms with Crippen LogP contribution in [0.2, 0.25) is 0 Å². The maximum atomic E-state index is 13.4. The lowest BCUT2D eigenvalue weighted by molar-refractivity contribution is -0.139. The summed E-state index contributed by atoms with van der Waals surface area (Å²) in [5.41, 5.74) is 3.06. The monoisotopic (exact) mass is 512 g/mol. The Morgan fingerprint density at radius 3 is 2.29 bits per heavy atom. The van der Waals surface area contributed by atoms with E-state index in [9.17, 15) is 14.7 Å². The number of H-pyrrole nitrogens is 1. The average Bonchev–Trinajstić information content (AvgIpc) is 3.48. The molecule has 2 N–H and O–H groups in total. The number of methoxy groups -OCH3 is 3. The van der Waals surface area contributed by atoms with Crippen LogP contribution in [0.15, 0.2) is 78.5 Å². The molecule has 1 atom stereocenters. The van der Waals surface area contributed by atoms with Crippen molar-refractivity contribution < 1.29 is 28.9 Å². The van der Waals surface area contributed by atoms with Crippen LogP contribution < -0.4 is 14.2 Å². The van der Waals surface area contributed by atoms with Crippen LogP contribution in [0, 0.1) is 0 Å². The summed E-state index contributed by atoms with van der Waals surface area (Å²) in [4.78, 5) is 31.5. The van der Waals surface area contributed by atoms with Crippen molar-refractivity contribution in [2.75, 3.05) is 27.9 Å². The number of aromatic amines is 1. The normalized spacial score (nSPS) is 16.7. The highest BCUT2D eigenvalue weighted by Crippen LogP contribution is 2.40. The maximum absolute atomic E-state index is 13.4. The van der Waals surface area contributed by atoms with Gasteiger partial charge in [-0.15, -0.1) is 0 Å². The first-order valence-corrected chi connectivity index (χ1v) is 12.2. The van der Waals surface area contributed by atoms with Crippen molar-refractivity contribution in [3.8, 4) is 17.2 Å². The van der Waals surface area contributed by atoms with E-state index >= 15 is 0 Å². The summed E-state index contributed by atoms with van der Waals surface area (Å²) in [6.45, 7) is 0.260. The van der Waals surface area contributed by atoms with Crippen LogP contribution >= 0.6 is 0 Å². The minimum absolute atomic E-state index is 0.0361. The number of carbonyl (C=O) groups is 2. The number of ether oxygens (including phenoxy) is 3. The van der Waals surface area contributed by atoms with Gasteiger partial charge in [-0.1, -0.05) is 12.1 Å². The zero-order valence-corrected chi connectivity index (χ0v) is 21.4. The predicted octanol–water partition coefficient (Wildman–Crippen LogP) is 4.86. The van der Waals surface area contributed by atoms with Gasteiger partial charge in [0.1, 0.15) is 23.0 Å². The fraction of sp³-hybridized carbons (Fsp3) is 0.200. The van der Waals surface area contributed by atoms with E-state index in [1.165, 1.54) is 4.90 Å². The molecule has 1 aliphatic rings. The molecule has 1 aliphatic heterocycles. The summed E-state index contributed by atoms with van der Waals surface area (Å²) in [5.74, 6) is 0.299. The van der Waals surface area contributed by atoms with Crippen molar-refractivity contribution in [1.29, 1.82) is 0 Å². The number of benzene rings is 3. The number of amides is 1. The van der Waals surface area contributed by atoms with Gasteiger partial charge in [0, 0.05) is 29.2 Å². The molecule has 0 bridgehead atoms. The predicted molar refractivity (Wildman–Crippen MR) is 144 cm³/mol. The molecule has 0 unspecified atom stereocenters. The molecular weight excluding hydrogens is 484 g/mol. The molecule has 4 aromatic rings. The summed E-state index contributed by atoms with van der Waals surface area (Å²) in [6.07, 6.45) is 2.39. The molecule has 2 heterocycles. The van der Waals surface area contributed by atoms with E-state index in [4.69, 9.17) is 14.2 Å². The van der Waals surface area contributed by atoms with Crippen molar-refractivity contribution in [2.45, 2.75) is 12.5 Å². The summed E-state index contributed by atoms with van der Waals surface area (Å²) in [6, 6.07) is 18.9. The lowest BCUT2D eigenvalue weighted by Gasteiger charge is -2.25. The number of Topliss-reactive ketones (excluding diaryl/α,β-unsaturated/α-hetero) is 1. The highest BCUT2D eigenvalue weighted by Gasteiger charge is 2.46. The van der Waals surface area contributed by atoms with Crippen molar-refractivity contribution >= 4 is 28.4 Å². The molecule has 38 heavy (non-hydrogen) atoms. The summed E-state index contributed by atoms with van der Waals surface area (Å²) in [7, 11) is 4.72. The molecule has 1 fully saturated rings. The van der Waals surface area contributed by atoms with E-state index < -0.39 is 17.7 Å². The van der Waals surface area contributed by atoms with Gasteiger partial charge in [0.15, 0.2) is 0 Å². The Morgan fingerprint density at radius 2 is 1.58 bits per heavy atom. The standard InChI is InChI=1S/C30H28N2O6/c1-36-21-9-7-18(8-10-21)28(33)26-27(19-5-4-6-22(15-19)37-2)32(30(35)29(26)34)14-13-20-17-31-25-12-11-23(38-3)16-24(20)25/h4-12,15-17,27,31,33H,13-14H2,1-3H3/t27-/m0/s1. The van der Waals surface area contributed by atoms with Gasteiger partial charge in [-0.2, -0.15) is 0 Å². The number of ketones is 1. The Hall–Kier alpha value is -4.72. The van der Waals surface area contributed by atoms with Gasteiger partial charge < -0.3 is 29.2 Å². The molecule has 1 aromatic heterocycles. The fourth-order valence-electron chi connectivity index (χ4n) is 4.91. The maximum Gasteiger partial charge on any atom is 0.295 e. The SMILES string of the molecule is COc1ccc(C(O)=C2C(=O)C(=O)N(CCc3c[nH]c4ccc(OC)cc34)[C@H]2c2cccc(OC)c2)cc1. The van der Waals surface area contributed by atoms with E-state index in [-0.39, 0.29) is 17.9 Å². The third-order valence-corrected chi connectivity index (χ3v) is 6.91. The second kappa shape index (κ2) is 10.3. The van der Waals surface area contributed by atoms with Gasteiger partial charge in [-0.25, -0.2) is 0 Å². The lowest BCUT2D eigenvalue weighted by atomic mass is 9.95. The molecule has 1 amide bonds. The Labute approximate surface area is 220 Å². The summed E-state index contributed by atoms with van der Waals surface area (Å²) >= 11 is 0. The number of rotatable bonds is 8. The number of aliphatic hydroxyl groups is 1. The Balaban J connectivity index is 1.56. The molecule has 3 aromatic carbocycles. The molecule has 8 nitrogen and oxygen atoms in total. The van der Waals surface area contributed by atoms with Crippen molar-refractivity contribution in [3.05, 3.63) is 95.2 Å². The first-order valence-electron chi connectivity index (χ1n) is 12.2. The highest BCUT2D eigenvalue weighted by atomic mass is 16.5. The molecule has 0 aliphatic carbocycles. The highest BCUT2D eigenvalue weighted by molar-refractivity contribution is 6.46. The van der Waals surface area contributed by atoms with E-state index in [2.05, 4.69) is 4.98 Å². The van der Waals surface area contributed by atoms with Crippen LogP contribution in [-0.2, 0) is 16.0 Å². The number of aliphatic hydroxyl groups excluding tert-OH is 1. The van der Waals surface area contributed by atoms with Crippen LogP contribution in [0.3, 0.4) is 0 Å². The number of likely N-dealkylation sites (tertiary alicyclic amines) is 1. The van der Waals surface area contributed by atoms with Crippen LogP contribution in [0.1, 0.15) is 22.7 Å². The quantitative estimate of drug-likeness (QED) is 0.199. The molecule has 194 valence electrons. The van der Waals surface area contributed by atoms with Crippen molar-refractivity contribution in [3.63, 3.8) is 0 Å². The molecule has 0 radical (unpaired) electrons. The minimum Gasteiger partial charge on any atom is -0.507 e. The number of aromatic nitrogens is 1. The van der Waals surface area contributed by atoms with Crippen molar-refractivity contribution in [2.24, 2.45) is 0 Å². The van der Waals surface area contributed by atoms with Gasteiger partial charge in [-0.05, 0) is 72.1 Å². The van der Waals surface area contributed by atoms with Crippen LogP contribution in [-0.4, -0.2) is 54.6 Å². The number of hydrogen-bond donors (Lipinski definition) is 2. The number of fused-ring (bicyclic) bond motifs is 1. The zero-order chi connectivity index (χ0) is 26.8. The first-order chi connectivity index (χ1) is 18.4. The first kappa shape index (κ1) is 25.0. The van der Waals surface area contributed by atoms with Crippen LogP contribution in [0.5, 0.6) is 17.2 Å². The van der Waals surface area contributed by atoms with Crippen molar-refractivity contribution in [1.82, 2.24) is 9.88 Å². The largest absolute Gasteiger partial charge is 0.507 e. The van der Waals surface area contributed by atoms with Crippen LogP contribution in [0.25, 0.3) is 16.7 Å². The Morgan fingerprint density at radius 1 is 0.895 bits per heavy atom. The number of carbonyl (C=O) groups excluding carboxylic acids is 2. The summed E-state index contributed by atoms with van der Waals surface area (Å²) in [5, 5.41) is 12.3. The molecule has 0 spiro atoms. The minimum atomic E-state index is -0.785. The summed E-state index contributed by atoms with van der Waals surface area (Å²) < 4.78 is 16.0. The van der Waals surface area contributed by atoms with Gasteiger partial charge in [0.2, 0.25) is 0 Å². The van der Waals surface area contributed by atoms with Gasteiger partial charge in [0.05, 0.1) is 32.9 Å². The van der Waals surface area contributed by atoms with E-state index in [1.807, 2.05) is 30.5 Å². The third kappa shape index (κ3) is 4.45. The second-order valence-corrected chi connectivity index (χ2v) is 8.97. The Kier molecular flexibility index (Phi) is 6.79. The Bertz CT molecular complexity index is 1540. The molecular formula is C30H28N2O6. The van der Waals surface area contributed by atoms with E-state index in [0.717, 1.165) is 22.2 Å². The van der Waals surface area contributed by atoms with E-state index in [1.54, 1.807) is 63.8 Å². The van der Waals surface area contributed by atoms with E-state index in [0.29, 0.717) is 29.0 Å². The molecule has 0 saturated carbocycles. The smallest absolute Gasteiger partial charge is 0.295 e. The van der Waals surface area contributed by atoms with Crippen LogP contribution in [0.4, 0.5) is 0 Å². The number of hydrogen-bond acceptors (Lipinski definition) is 6. The fourth-order valence-corrected chi connectivity index (χ4v) is 4.91. The van der Waals surface area contributed by atoms with Gasteiger partial charge in [-0.3, -0.25) is 9.59 Å². The molecule has 5 rings (SSSR count).